The summed E-state index contributed by atoms with van der Waals surface area (Å²) < 4.78 is 0. The van der Waals surface area contributed by atoms with E-state index >= 15 is 0 Å². The van der Waals surface area contributed by atoms with Crippen molar-refractivity contribution in [2.24, 2.45) is 0 Å². The number of hydrogen-bond acceptors (Lipinski definition) is 4. The molecule has 0 spiro atoms. The molecule has 0 fully saturated rings. The first kappa shape index (κ1) is 18.4. The minimum absolute atomic E-state index is 0.201. The van der Waals surface area contributed by atoms with Crippen LogP contribution >= 0.6 is 0 Å². The summed E-state index contributed by atoms with van der Waals surface area (Å²) in [7, 11) is 3.76. The number of benzene rings is 1. The van der Waals surface area contributed by atoms with Crippen LogP contribution in [-0.4, -0.2) is 30.9 Å². The van der Waals surface area contributed by atoms with Gasteiger partial charge in [-0.3, -0.25) is 9.59 Å². The fourth-order valence-corrected chi connectivity index (χ4v) is 2.36. The third-order valence-electron chi connectivity index (χ3n) is 3.86. The van der Waals surface area contributed by atoms with Gasteiger partial charge < -0.3 is 15.5 Å². The van der Waals surface area contributed by atoms with E-state index in [0.717, 1.165) is 16.9 Å². The van der Waals surface area contributed by atoms with Gasteiger partial charge in [0.15, 0.2) is 0 Å². The molecule has 1 heterocycles. The van der Waals surface area contributed by atoms with E-state index in [2.05, 4.69) is 15.6 Å². The molecule has 0 saturated heterocycles. The summed E-state index contributed by atoms with van der Waals surface area (Å²) in [5, 5.41) is 5.34. The number of nitrogens with zero attached hydrogens (tertiary/aromatic N) is 2. The minimum Gasteiger partial charge on any atom is -0.363 e. The molecule has 0 radical (unpaired) electrons. The molecule has 6 nitrogen and oxygen atoms in total. The van der Waals surface area contributed by atoms with Crippen LogP contribution in [-0.2, 0) is 9.59 Å². The number of anilines is 2. The molecule has 1 atom stereocenters. The zero-order valence-corrected chi connectivity index (χ0v) is 15.0. The Morgan fingerprint density at radius 3 is 2.28 bits per heavy atom. The maximum atomic E-state index is 12.2. The Morgan fingerprint density at radius 2 is 1.76 bits per heavy atom. The molecule has 2 aromatic rings. The Hall–Kier alpha value is -2.89. The summed E-state index contributed by atoms with van der Waals surface area (Å²) in [6.07, 6.45) is 2.22. The number of hydrogen-bond donors (Lipinski definition) is 2. The van der Waals surface area contributed by atoms with Gasteiger partial charge in [0, 0.05) is 14.1 Å². The number of rotatable bonds is 5. The summed E-state index contributed by atoms with van der Waals surface area (Å²) in [6.45, 7) is 3.97. The second-order valence-electron chi connectivity index (χ2n) is 6.10. The molecule has 2 amide bonds. The predicted octanol–water partition coefficient (Wildman–Crippen LogP) is 2.66. The van der Waals surface area contributed by atoms with E-state index in [4.69, 9.17) is 0 Å². The lowest BCUT2D eigenvalue weighted by atomic mass is 10.0. The van der Waals surface area contributed by atoms with Crippen LogP contribution in [0.5, 0.6) is 0 Å². The highest BCUT2D eigenvalue weighted by atomic mass is 16.2. The molecular formula is C19H24N4O2. The van der Waals surface area contributed by atoms with Gasteiger partial charge in [0.1, 0.15) is 5.82 Å². The number of carbonyl (C=O) groups is 2. The van der Waals surface area contributed by atoms with Crippen LogP contribution < -0.4 is 15.5 Å². The normalized spacial score (nSPS) is 11.5. The van der Waals surface area contributed by atoms with Crippen LogP contribution in [0.15, 0.2) is 42.6 Å². The van der Waals surface area contributed by atoms with Crippen LogP contribution in [0, 0.1) is 6.92 Å². The minimum atomic E-state index is -0.704. The predicted molar refractivity (Wildman–Crippen MR) is 99.5 cm³/mol. The van der Waals surface area contributed by atoms with E-state index in [1.807, 2.05) is 57.1 Å². The van der Waals surface area contributed by atoms with Crippen LogP contribution in [0.2, 0.25) is 0 Å². The van der Waals surface area contributed by atoms with Crippen molar-refractivity contribution in [2.45, 2.75) is 26.3 Å². The van der Waals surface area contributed by atoms with E-state index in [0.29, 0.717) is 12.1 Å². The molecule has 0 unspecified atom stereocenters. The van der Waals surface area contributed by atoms with Crippen molar-refractivity contribution in [3.05, 3.63) is 53.7 Å². The average molecular weight is 340 g/mol. The number of aryl methyl sites for hydroxylation is 1. The molecule has 0 bridgehead atoms. The molecule has 2 N–H and O–H groups in total. The van der Waals surface area contributed by atoms with E-state index in [1.54, 1.807) is 12.1 Å². The summed E-state index contributed by atoms with van der Waals surface area (Å²) in [4.78, 5) is 30.3. The number of aromatic nitrogens is 1. The van der Waals surface area contributed by atoms with E-state index in [9.17, 15) is 9.59 Å². The Morgan fingerprint density at radius 1 is 1.08 bits per heavy atom. The molecule has 0 saturated carbocycles. The van der Waals surface area contributed by atoms with Gasteiger partial charge in [0.25, 0.3) is 0 Å². The number of pyridine rings is 1. The zero-order valence-electron chi connectivity index (χ0n) is 15.0. The van der Waals surface area contributed by atoms with Crippen molar-refractivity contribution in [3.8, 4) is 0 Å². The van der Waals surface area contributed by atoms with Crippen molar-refractivity contribution in [3.63, 3.8) is 0 Å². The van der Waals surface area contributed by atoms with Crippen molar-refractivity contribution in [2.75, 3.05) is 24.3 Å². The third-order valence-corrected chi connectivity index (χ3v) is 3.86. The molecular weight excluding hydrogens is 316 g/mol. The van der Waals surface area contributed by atoms with Crippen molar-refractivity contribution < 1.29 is 9.59 Å². The molecule has 25 heavy (non-hydrogen) atoms. The molecule has 1 aromatic carbocycles. The fraction of sp³-hybridized carbons (Fsp3) is 0.316. The first-order chi connectivity index (χ1) is 11.9. The Labute approximate surface area is 148 Å². The largest absolute Gasteiger partial charge is 0.363 e. The van der Waals surface area contributed by atoms with Gasteiger partial charge >= 0.3 is 11.8 Å². The lowest BCUT2D eigenvalue weighted by Crippen LogP contribution is -2.37. The Kier molecular flexibility index (Phi) is 6.11. The number of amides is 2. The number of carbonyl (C=O) groups excluding carboxylic acids is 2. The average Bonchev–Trinajstić information content (AvgIpc) is 2.60. The highest BCUT2D eigenvalue weighted by Crippen LogP contribution is 2.17. The van der Waals surface area contributed by atoms with Gasteiger partial charge in [0.2, 0.25) is 0 Å². The molecule has 1 aromatic heterocycles. The summed E-state index contributed by atoms with van der Waals surface area (Å²) in [5.41, 5.74) is 2.61. The quantitative estimate of drug-likeness (QED) is 0.821. The lowest BCUT2D eigenvalue weighted by molar-refractivity contribution is -0.136. The zero-order chi connectivity index (χ0) is 18.4. The highest BCUT2D eigenvalue weighted by Gasteiger charge is 2.19. The maximum absolute atomic E-state index is 12.2. The second kappa shape index (κ2) is 8.28. The van der Waals surface area contributed by atoms with E-state index in [-0.39, 0.29) is 6.04 Å². The van der Waals surface area contributed by atoms with Gasteiger partial charge in [-0.25, -0.2) is 4.98 Å². The highest BCUT2D eigenvalue weighted by molar-refractivity contribution is 6.39. The van der Waals surface area contributed by atoms with Crippen molar-refractivity contribution in [1.82, 2.24) is 10.3 Å². The van der Waals surface area contributed by atoms with E-state index in [1.165, 1.54) is 6.20 Å². The third kappa shape index (κ3) is 5.04. The first-order valence-electron chi connectivity index (χ1n) is 8.22. The molecule has 0 aliphatic heterocycles. The molecule has 0 aliphatic carbocycles. The van der Waals surface area contributed by atoms with Crippen LogP contribution in [0.3, 0.4) is 0 Å². The summed E-state index contributed by atoms with van der Waals surface area (Å²) in [6, 6.07) is 11.2. The molecule has 132 valence electrons. The molecule has 6 heteroatoms. The fourth-order valence-electron chi connectivity index (χ4n) is 2.36. The standard InChI is InChI=1S/C19H24N4O2/c1-5-16(14-8-6-13(2)7-9-14)22-19(25)18(24)21-15-10-11-17(20-12-15)23(3)4/h6-12,16H,5H2,1-4H3,(H,21,24)(H,22,25)/t16-/m0/s1. The van der Waals surface area contributed by atoms with Crippen LogP contribution in [0.4, 0.5) is 11.5 Å². The Bertz CT molecular complexity index is 724. The molecule has 0 aliphatic rings. The number of nitrogens with one attached hydrogen (secondary N) is 2. The maximum Gasteiger partial charge on any atom is 0.313 e. The van der Waals surface area contributed by atoms with Gasteiger partial charge in [-0.15, -0.1) is 0 Å². The Balaban J connectivity index is 1.98. The van der Waals surface area contributed by atoms with Crippen molar-refractivity contribution in [1.29, 1.82) is 0 Å². The summed E-state index contributed by atoms with van der Waals surface area (Å²) in [5.74, 6) is -0.595. The van der Waals surface area contributed by atoms with Gasteiger partial charge in [-0.2, -0.15) is 0 Å². The summed E-state index contributed by atoms with van der Waals surface area (Å²) >= 11 is 0. The SMILES string of the molecule is CC[C@H](NC(=O)C(=O)Nc1ccc(N(C)C)nc1)c1ccc(C)cc1. The first-order valence-corrected chi connectivity index (χ1v) is 8.22. The van der Waals surface area contributed by atoms with E-state index < -0.39 is 11.8 Å². The monoisotopic (exact) mass is 340 g/mol. The topological polar surface area (TPSA) is 74.3 Å². The van der Waals surface area contributed by atoms with Crippen molar-refractivity contribution >= 4 is 23.3 Å². The van der Waals surface area contributed by atoms with Gasteiger partial charge in [-0.05, 0) is 31.0 Å². The van der Waals surface area contributed by atoms with Gasteiger partial charge in [-0.1, -0.05) is 36.8 Å². The smallest absolute Gasteiger partial charge is 0.313 e. The van der Waals surface area contributed by atoms with Gasteiger partial charge in [0.05, 0.1) is 17.9 Å². The van der Waals surface area contributed by atoms with Crippen LogP contribution in [0.25, 0.3) is 0 Å². The van der Waals surface area contributed by atoms with Crippen LogP contribution in [0.1, 0.15) is 30.5 Å². The molecule has 2 rings (SSSR count). The lowest BCUT2D eigenvalue weighted by Gasteiger charge is -2.17. The second-order valence-corrected chi connectivity index (χ2v) is 6.10.